The third-order valence-electron chi connectivity index (χ3n) is 4.53. The lowest BCUT2D eigenvalue weighted by Gasteiger charge is -2.16. The van der Waals surface area contributed by atoms with Crippen LogP contribution in [0.2, 0.25) is 0 Å². The molecule has 4 heteroatoms. The first-order valence-corrected chi connectivity index (χ1v) is 7.76. The van der Waals surface area contributed by atoms with Gasteiger partial charge in [-0.2, -0.15) is 0 Å². The quantitative estimate of drug-likeness (QED) is 0.763. The van der Waals surface area contributed by atoms with E-state index in [0.29, 0.717) is 5.82 Å². The first-order valence-electron chi connectivity index (χ1n) is 7.76. The van der Waals surface area contributed by atoms with Gasteiger partial charge in [0.1, 0.15) is 17.2 Å². The zero-order chi connectivity index (χ0) is 15.1. The number of aliphatic hydroxyl groups is 1. The summed E-state index contributed by atoms with van der Waals surface area (Å²) in [5.74, 6) is 0.648. The van der Waals surface area contributed by atoms with E-state index in [-0.39, 0.29) is 6.61 Å². The average molecular weight is 293 g/mol. The molecule has 0 spiro atoms. The first-order chi connectivity index (χ1) is 10.8. The second-order valence-electron chi connectivity index (χ2n) is 5.96. The third-order valence-corrected chi connectivity index (χ3v) is 4.53. The van der Waals surface area contributed by atoms with Crippen LogP contribution in [0.5, 0.6) is 0 Å². The van der Waals surface area contributed by atoms with Gasteiger partial charge in [-0.15, -0.1) is 0 Å². The van der Waals surface area contributed by atoms with Crippen molar-refractivity contribution in [2.24, 2.45) is 0 Å². The molecule has 3 aromatic rings. The van der Waals surface area contributed by atoms with Gasteiger partial charge in [-0.1, -0.05) is 12.1 Å². The normalized spacial score (nSPS) is 14.2. The fraction of sp³-hybridized carbons (Fsp3) is 0.278. The fourth-order valence-electron chi connectivity index (χ4n) is 3.30. The first kappa shape index (κ1) is 13.3. The number of rotatable bonds is 2. The Balaban J connectivity index is 1.85. The molecule has 1 aliphatic rings. The number of aromatic nitrogens is 2. The van der Waals surface area contributed by atoms with Gasteiger partial charge in [-0.3, -0.25) is 4.40 Å². The summed E-state index contributed by atoms with van der Waals surface area (Å²) in [6, 6.07) is 10.3. The third kappa shape index (κ3) is 2.07. The smallest absolute Gasteiger partial charge is 0.139 e. The number of benzene rings is 1. The van der Waals surface area contributed by atoms with Crippen molar-refractivity contribution in [1.29, 1.82) is 0 Å². The number of hydrogen-bond acceptors (Lipinski definition) is 3. The van der Waals surface area contributed by atoms with Crippen LogP contribution >= 0.6 is 0 Å². The minimum Gasteiger partial charge on any atom is -0.392 e. The summed E-state index contributed by atoms with van der Waals surface area (Å²) in [6.07, 6.45) is 6.73. The van der Waals surface area contributed by atoms with E-state index in [0.717, 1.165) is 28.9 Å². The molecule has 22 heavy (non-hydrogen) atoms. The van der Waals surface area contributed by atoms with Crippen LogP contribution in [0.1, 0.15) is 29.5 Å². The molecule has 4 nitrogen and oxygen atoms in total. The van der Waals surface area contributed by atoms with E-state index >= 15 is 0 Å². The minimum absolute atomic E-state index is 0.0114. The van der Waals surface area contributed by atoms with Crippen LogP contribution in [-0.2, 0) is 19.4 Å². The molecule has 0 fully saturated rings. The van der Waals surface area contributed by atoms with Gasteiger partial charge in [0.2, 0.25) is 0 Å². The Morgan fingerprint density at radius 3 is 2.73 bits per heavy atom. The molecule has 112 valence electrons. The Labute approximate surface area is 129 Å². The van der Waals surface area contributed by atoms with E-state index in [2.05, 4.69) is 23.2 Å². The number of imidazole rings is 1. The van der Waals surface area contributed by atoms with Crippen LogP contribution in [0.4, 0.5) is 5.82 Å². The molecule has 4 rings (SSSR count). The van der Waals surface area contributed by atoms with Crippen molar-refractivity contribution in [2.45, 2.75) is 32.3 Å². The minimum atomic E-state index is 0.0114. The zero-order valence-corrected chi connectivity index (χ0v) is 12.4. The zero-order valence-electron chi connectivity index (χ0n) is 12.4. The molecular weight excluding hydrogens is 274 g/mol. The van der Waals surface area contributed by atoms with Gasteiger partial charge in [0.05, 0.1) is 6.61 Å². The lowest BCUT2D eigenvalue weighted by Crippen LogP contribution is -2.02. The summed E-state index contributed by atoms with van der Waals surface area (Å²) in [5, 5.41) is 9.25. The van der Waals surface area contributed by atoms with Crippen molar-refractivity contribution >= 4 is 11.5 Å². The Hall–Kier alpha value is -2.33. The maximum absolute atomic E-state index is 9.25. The molecule has 0 unspecified atom stereocenters. The van der Waals surface area contributed by atoms with Crippen molar-refractivity contribution in [3.63, 3.8) is 0 Å². The van der Waals surface area contributed by atoms with Crippen molar-refractivity contribution in [3.05, 3.63) is 53.2 Å². The predicted molar refractivity (Wildman–Crippen MR) is 87.6 cm³/mol. The molecule has 0 radical (unpaired) electrons. The second kappa shape index (κ2) is 5.14. The Morgan fingerprint density at radius 1 is 1.09 bits per heavy atom. The maximum Gasteiger partial charge on any atom is 0.139 e. The lowest BCUT2D eigenvalue weighted by molar-refractivity contribution is 0.282. The number of aliphatic hydroxyl groups excluding tert-OH is 1. The summed E-state index contributed by atoms with van der Waals surface area (Å²) >= 11 is 0. The number of nitrogens with two attached hydrogens (primary N) is 1. The largest absolute Gasteiger partial charge is 0.392 e. The molecule has 1 aromatic carbocycles. The molecule has 1 aliphatic carbocycles. The van der Waals surface area contributed by atoms with Crippen molar-refractivity contribution in [3.8, 4) is 11.3 Å². The standard InChI is InChI=1S/C18H19N3O/c19-18-17(20-16-9-12(11-22)7-8-21(16)18)15-6-5-13-3-1-2-4-14(13)10-15/h5-10,22H,1-4,11,19H2. The highest BCUT2D eigenvalue weighted by Crippen LogP contribution is 2.30. The molecule has 2 heterocycles. The van der Waals surface area contributed by atoms with Gasteiger partial charge in [-0.25, -0.2) is 4.98 Å². The van der Waals surface area contributed by atoms with Crippen LogP contribution in [0.15, 0.2) is 36.5 Å². The van der Waals surface area contributed by atoms with E-state index in [1.165, 1.54) is 30.4 Å². The molecule has 0 aliphatic heterocycles. The highest BCUT2D eigenvalue weighted by atomic mass is 16.3. The molecule has 0 atom stereocenters. The van der Waals surface area contributed by atoms with Gasteiger partial charge in [-0.05, 0) is 60.6 Å². The molecule has 2 aromatic heterocycles. The highest BCUT2D eigenvalue weighted by Gasteiger charge is 2.15. The van der Waals surface area contributed by atoms with Crippen molar-refractivity contribution in [1.82, 2.24) is 9.38 Å². The van der Waals surface area contributed by atoms with Gasteiger partial charge < -0.3 is 10.8 Å². The summed E-state index contributed by atoms with van der Waals surface area (Å²) in [4.78, 5) is 4.67. The summed E-state index contributed by atoms with van der Waals surface area (Å²) in [6.45, 7) is 0.0114. The van der Waals surface area contributed by atoms with Crippen LogP contribution in [0.3, 0.4) is 0 Å². The molecule has 0 bridgehead atoms. The van der Waals surface area contributed by atoms with E-state index in [1.807, 2.05) is 22.7 Å². The van der Waals surface area contributed by atoms with Crippen LogP contribution in [-0.4, -0.2) is 14.5 Å². The number of aryl methyl sites for hydroxylation is 2. The molecule has 0 saturated carbocycles. The van der Waals surface area contributed by atoms with E-state index in [1.54, 1.807) is 0 Å². The summed E-state index contributed by atoms with van der Waals surface area (Å²) < 4.78 is 1.87. The molecular formula is C18H19N3O. The van der Waals surface area contributed by atoms with E-state index in [4.69, 9.17) is 5.73 Å². The lowest BCUT2D eigenvalue weighted by atomic mass is 9.90. The van der Waals surface area contributed by atoms with Gasteiger partial charge in [0, 0.05) is 11.8 Å². The van der Waals surface area contributed by atoms with Crippen molar-refractivity contribution < 1.29 is 5.11 Å². The topological polar surface area (TPSA) is 63.5 Å². The Kier molecular flexibility index (Phi) is 3.12. The van der Waals surface area contributed by atoms with E-state index in [9.17, 15) is 5.11 Å². The SMILES string of the molecule is Nc1c(-c2ccc3c(c2)CCCC3)nc2cc(CO)ccn12. The number of pyridine rings is 1. The number of hydrogen-bond donors (Lipinski definition) is 2. The number of anilines is 1. The highest BCUT2D eigenvalue weighted by molar-refractivity contribution is 5.75. The summed E-state index contributed by atoms with van der Waals surface area (Å²) in [5.41, 5.74) is 12.7. The number of fused-ring (bicyclic) bond motifs is 2. The molecule has 0 amide bonds. The average Bonchev–Trinajstić information content (AvgIpc) is 2.90. The second-order valence-corrected chi connectivity index (χ2v) is 5.96. The van der Waals surface area contributed by atoms with Gasteiger partial charge >= 0.3 is 0 Å². The number of nitrogen functional groups attached to an aromatic ring is 1. The van der Waals surface area contributed by atoms with Crippen LogP contribution < -0.4 is 5.73 Å². The Bertz CT molecular complexity index is 851. The maximum atomic E-state index is 9.25. The van der Waals surface area contributed by atoms with E-state index < -0.39 is 0 Å². The molecule has 0 saturated heterocycles. The summed E-state index contributed by atoms with van der Waals surface area (Å²) in [7, 11) is 0. The van der Waals surface area contributed by atoms with Crippen LogP contribution in [0.25, 0.3) is 16.9 Å². The van der Waals surface area contributed by atoms with Crippen molar-refractivity contribution in [2.75, 3.05) is 5.73 Å². The fourth-order valence-corrected chi connectivity index (χ4v) is 3.30. The van der Waals surface area contributed by atoms with Gasteiger partial charge in [0.25, 0.3) is 0 Å². The Morgan fingerprint density at radius 2 is 1.91 bits per heavy atom. The number of nitrogens with zero attached hydrogens (tertiary/aromatic N) is 2. The predicted octanol–water partition coefficient (Wildman–Crippen LogP) is 2.95. The van der Waals surface area contributed by atoms with Crippen LogP contribution in [0, 0.1) is 0 Å². The van der Waals surface area contributed by atoms with Gasteiger partial charge in [0.15, 0.2) is 0 Å². The monoisotopic (exact) mass is 293 g/mol. The molecule has 3 N–H and O–H groups in total.